The highest BCUT2D eigenvalue weighted by Crippen LogP contribution is 2.39. The maximum absolute atomic E-state index is 15.0. The summed E-state index contributed by atoms with van der Waals surface area (Å²) in [6.07, 6.45) is 0.670. The lowest BCUT2D eigenvalue weighted by Crippen LogP contribution is -2.43. The van der Waals surface area contributed by atoms with Crippen LogP contribution < -0.4 is 14.8 Å². The minimum atomic E-state index is -0.581. The average molecular weight is 445 g/mol. The Hall–Kier alpha value is -4.00. The number of aromatic nitrogens is 1. The molecule has 1 aliphatic rings. The van der Waals surface area contributed by atoms with Gasteiger partial charge in [-0.1, -0.05) is 36.4 Å². The predicted molar refractivity (Wildman–Crippen MR) is 126 cm³/mol. The Morgan fingerprint density at radius 3 is 2.58 bits per heavy atom. The molecule has 0 bridgehead atoms. The molecule has 0 fully saturated rings. The highest BCUT2D eigenvalue weighted by atomic mass is 19.1. The van der Waals surface area contributed by atoms with Crippen LogP contribution in [-0.4, -0.2) is 36.7 Å². The fourth-order valence-electron chi connectivity index (χ4n) is 4.59. The summed E-state index contributed by atoms with van der Waals surface area (Å²) in [5.74, 6) is 0.732. The van der Waals surface area contributed by atoms with E-state index in [9.17, 15) is 9.18 Å². The molecule has 7 heteroatoms. The highest BCUT2D eigenvalue weighted by molar-refractivity contribution is 5.92. The smallest absolute Gasteiger partial charge is 0.322 e. The van der Waals surface area contributed by atoms with E-state index >= 15 is 0 Å². The van der Waals surface area contributed by atoms with Crippen LogP contribution >= 0.6 is 0 Å². The quantitative estimate of drug-likeness (QED) is 0.436. The van der Waals surface area contributed by atoms with Gasteiger partial charge in [0.15, 0.2) is 11.5 Å². The van der Waals surface area contributed by atoms with E-state index in [1.54, 1.807) is 55.5 Å². The zero-order valence-corrected chi connectivity index (χ0v) is 18.4. The number of carbonyl (C=O) groups is 1. The number of urea groups is 1. The molecule has 2 amide bonds. The molecule has 0 aliphatic carbocycles. The number of H-pyrrole nitrogens is 1. The van der Waals surface area contributed by atoms with Crippen molar-refractivity contribution in [2.45, 2.75) is 12.5 Å². The molecular weight excluding hydrogens is 421 g/mol. The van der Waals surface area contributed by atoms with Gasteiger partial charge in [-0.05, 0) is 36.2 Å². The summed E-state index contributed by atoms with van der Waals surface area (Å²) in [7, 11) is 3.10. The summed E-state index contributed by atoms with van der Waals surface area (Å²) in [6.45, 7) is 0.451. The number of rotatable bonds is 4. The molecule has 0 radical (unpaired) electrons. The van der Waals surface area contributed by atoms with Crippen LogP contribution in [0.3, 0.4) is 0 Å². The molecule has 0 saturated heterocycles. The van der Waals surface area contributed by atoms with E-state index in [4.69, 9.17) is 9.47 Å². The van der Waals surface area contributed by atoms with Crippen LogP contribution in [0.2, 0.25) is 0 Å². The van der Waals surface area contributed by atoms with Crippen molar-refractivity contribution in [1.82, 2.24) is 9.88 Å². The van der Waals surface area contributed by atoms with Crippen molar-refractivity contribution in [3.8, 4) is 11.5 Å². The molecule has 168 valence electrons. The molecule has 3 aromatic carbocycles. The number of ether oxygens (including phenoxy) is 2. The van der Waals surface area contributed by atoms with Crippen molar-refractivity contribution in [2.24, 2.45) is 0 Å². The second-order valence-electron chi connectivity index (χ2n) is 7.93. The van der Waals surface area contributed by atoms with Gasteiger partial charge in [-0.25, -0.2) is 9.18 Å². The lowest BCUT2D eigenvalue weighted by atomic mass is 9.92. The molecule has 0 saturated carbocycles. The molecule has 33 heavy (non-hydrogen) atoms. The molecule has 2 N–H and O–H groups in total. The Morgan fingerprint density at radius 1 is 1.03 bits per heavy atom. The molecule has 1 aromatic heterocycles. The number of hydrogen-bond acceptors (Lipinski definition) is 3. The summed E-state index contributed by atoms with van der Waals surface area (Å²) < 4.78 is 25.6. The van der Waals surface area contributed by atoms with Crippen molar-refractivity contribution >= 4 is 22.6 Å². The molecule has 6 nitrogen and oxygen atoms in total. The largest absolute Gasteiger partial charge is 0.493 e. The third-order valence-corrected chi connectivity index (χ3v) is 6.13. The van der Waals surface area contributed by atoms with E-state index in [1.807, 2.05) is 18.2 Å². The van der Waals surface area contributed by atoms with Gasteiger partial charge in [-0.2, -0.15) is 0 Å². The standard InChI is InChI=1S/C26H24FN3O3/c1-32-22-12-11-16(15-23(22)33-2)28-26(31)30-14-13-18-17-7-4-6-10-21(17)29-24(18)25(30)19-8-3-5-9-20(19)27/h3-12,15,25,29H,13-14H2,1-2H3,(H,28,31)/t25-/m1/s1. The molecule has 0 spiro atoms. The van der Waals surface area contributed by atoms with E-state index < -0.39 is 6.04 Å². The van der Waals surface area contributed by atoms with E-state index in [-0.39, 0.29) is 11.8 Å². The second kappa shape index (κ2) is 8.50. The van der Waals surface area contributed by atoms with Crippen molar-refractivity contribution in [3.05, 3.63) is 89.4 Å². The molecular formula is C26H24FN3O3. The Kier molecular flexibility index (Phi) is 5.38. The van der Waals surface area contributed by atoms with Gasteiger partial charge in [0, 0.05) is 40.5 Å². The van der Waals surface area contributed by atoms with Gasteiger partial charge in [0.05, 0.1) is 14.2 Å². The van der Waals surface area contributed by atoms with E-state index in [2.05, 4.69) is 16.4 Å². The number of hydrogen-bond donors (Lipinski definition) is 2. The number of anilines is 1. The number of para-hydroxylation sites is 1. The van der Waals surface area contributed by atoms with Crippen LogP contribution in [0.15, 0.2) is 66.7 Å². The summed E-state index contributed by atoms with van der Waals surface area (Å²) in [5.41, 5.74) is 3.95. The highest BCUT2D eigenvalue weighted by Gasteiger charge is 2.36. The minimum Gasteiger partial charge on any atom is -0.493 e. The number of carbonyl (C=O) groups excluding carboxylic acids is 1. The second-order valence-corrected chi connectivity index (χ2v) is 7.93. The van der Waals surface area contributed by atoms with Crippen LogP contribution in [0.4, 0.5) is 14.9 Å². The number of methoxy groups -OCH3 is 2. The first-order valence-corrected chi connectivity index (χ1v) is 10.7. The number of amides is 2. The Morgan fingerprint density at radius 2 is 1.79 bits per heavy atom. The van der Waals surface area contributed by atoms with Crippen LogP contribution in [0, 0.1) is 5.82 Å². The van der Waals surface area contributed by atoms with E-state index in [0.29, 0.717) is 35.7 Å². The Bertz CT molecular complexity index is 1330. The van der Waals surface area contributed by atoms with Crippen LogP contribution in [0.5, 0.6) is 11.5 Å². The SMILES string of the molecule is COc1ccc(NC(=O)N2CCc3c([nH]c4ccccc34)[C@H]2c2ccccc2F)cc1OC. The van der Waals surface area contributed by atoms with Crippen LogP contribution in [0.1, 0.15) is 22.9 Å². The van der Waals surface area contributed by atoms with Crippen molar-refractivity contribution in [3.63, 3.8) is 0 Å². The zero-order chi connectivity index (χ0) is 22.9. The Balaban J connectivity index is 1.55. The number of nitrogens with zero attached hydrogens (tertiary/aromatic N) is 1. The first-order valence-electron chi connectivity index (χ1n) is 10.7. The predicted octanol–water partition coefficient (Wildman–Crippen LogP) is 5.50. The van der Waals surface area contributed by atoms with Crippen molar-refractivity contribution in [2.75, 3.05) is 26.1 Å². The maximum atomic E-state index is 15.0. The lowest BCUT2D eigenvalue weighted by molar-refractivity contribution is 0.192. The Labute approximate surface area is 190 Å². The third kappa shape index (κ3) is 3.65. The van der Waals surface area contributed by atoms with Crippen LogP contribution in [-0.2, 0) is 6.42 Å². The van der Waals surface area contributed by atoms with Gasteiger partial charge < -0.3 is 24.7 Å². The van der Waals surface area contributed by atoms with E-state index in [1.165, 1.54) is 6.07 Å². The molecule has 1 atom stereocenters. The summed E-state index contributed by atoms with van der Waals surface area (Å²) in [5, 5.41) is 4.04. The van der Waals surface area contributed by atoms with Gasteiger partial charge >= 0.3 is 6.03 Å². The van der Waals surface area contributed by atoms with Gasteiger partial charge in [0.1, 0.15) is 11.9 Å². The minimum absolute atomic E-state index is 0.320. The number of benzene rings is 3. The molecule has 0 unspecified atom stereocenters. The lowest BCUT2D eigenvalue weighted by Gasteiger charge is -2.36. The maximum Gasteiger partial charge on any atom is 0.322 e. The fraction of sp³-hybridized carbons (Fsp3) is 0.192. The zero-order valence-electron chi connectivity index (χ0n) is 18.4. The first kappa shape index (κ1) is 20.9. The monoisotopic (exact) mass is 445 g/mol. The normalized spacial score (nSPS) is 15.2. The van der Waals surface area contributed by atoms with Crippen LogP contribution in [0.25, 0.3) is 10.9 Å². The summed E-state index contributed by atoms with van der Waals surface area (Å²) in [6, 6.07) is 18.9. The van der Waals surface area contributed by atoms with Crippen molar-refractivity contribution in [1.29, 1.82) is 0 Å². The number of fused-ring (bicyclic) bond motifs is 3. The number of nitrogens with one attached hydrogen (secondary N) is 2. The van der Waals surface area contributed by atoms with Crippen molar-refractivity contribution < 1.29 is 18.7 Å². The first-order chi connectivity index (χ1) is 16.1. The van der Waals surface area contributed by atoms with Gasteiger partial charge in [0.25, 0.3) is 0 Å². The summed E-state index contributed by atoms with van der Waals surface area (Å²) >= 11 is 0. The molecule has 1 aliphatic heterocycles. The topological polar surface area (TPSA) is 66.6 Å². The fourth-order valence-corrected chi connectivity index (χ4v) is 4.59. The molecule has 2 heterocycles. The van der Waals surface area contributed by atoms with Gasteiger partial charge in [-0.3, -0.25) is 0 Å². The number of halogens is 1. The summed E-state index contributed by atoms with van der Waals surface area (Å²) in [4.78, 5) is 18.6. The molecule has 4 aromatic rings. The average Bonchev–Trinajstić information content (AvgIpc) is 3.22. The third-order valence-electron chi connectivity index (χ3n) is 6.13. The van der Waals surface area contributed by atoms with Gasteiger partial charge in [-0.15, -0.1) is 0 Å². The van der Waals surface area contributed by atoms with Gasteiger partial charge in [0.2, 0.25) is 0 Å². The van der Waals surface area contributed by atoms with E-state index in [0.717, 1.165) is 22.2 Å². The number of aromatic amines is 1. The molecule has 5 rings (SSSR count).